The molecule has 12 nitrogen and oxygen atoms in total. The van der Waals surface area contributed by atoms with Gasteiger partial charge >= 0.3 is 23.9 Å². The van der Waals surface area contributed by atoms with Crippen LogP contribution in [0.4, 0.5) is 0 Å². The van der Waals surface area contributed by atoms with Crippen molar-refractivity contribution in [1.29, 1.82) is 0 Å². The molecule has 2 aromatic heterocycles. The normalized spacial score (nSPS) is 17.1. The maximum atomic E-state index is 13.9. The molecule has 1 aliphatic carbocycles. The summed E-state index contributed by atoms with van der Waals surface area (Å²) in [6, 6.07) is 25.7. The molecule has 4 aliphatic rings. The van der Waals surface area contributed by atoms with Crippen molar-refractivity contribution >= 4 is 62.8 Å². The van der Waals surface area contributed by atoms with Crippen molar-refractivity contribution in [2.24, 2.45) is 5.92 Å². The fourth-order valence-corrected chi connectivity index (χ4v) is 8.93. The third-order valence-corrected chi connectivity index (χ3v) is 12.4. The number of carbonyl (C=O) groups excluding carboxylic acids is 4. The smallest absolute Gasteiger partial charge is 0.334 e. The summed E-state index contributed by atoms with van der Waals surface area (Å²) in [7, 11) is 2.57. The number of hydrogen-bond donors (Lipinski definition) is 2. The number of allylic oxidation sites excluding steroid dienone is 8. The largest absolute Gasteiger partial charge is 0.469 e. The number of fused-ring (bicyclic) bond motifs is 11. The molecule has 8 bridgehead atoms. The van der Waals surface area contributed by atoms with Gasteiger partial charge in [-0.3, -0.25) is 14.4 Å². The molecule has 8 rings (SSSR count). The average molecular weight is 857 g/mol. The Hall–Kier alpha value is -7.60. The van der Waals surface area contributed by atoms with Crippen LogP contribution in [0.15, 0.2) is 115 Å². The summed E-state index contributed by atoms with van der Waals surface area (Å²) in [6.45, 7) is 12.0. The van der Waals surface area contributed by atoms with E-state index in [1.54, 1.807) is 48.6 Å². The lowest BCUT2D eigenvalue weighted by molar-refractivity contribution is -0.149. The summed E-state index contributed by atoms with van der Waals surface area (Å²) in [5.41, 5.74) is 10.1. The maximum absolute atomic E-state index is 13.9. The molecular weight excluding hydrogens is 809 g/mol. The van der Waals surface area contributed by atoms with E-state index in [0.29, 0.717) is 58.5 Å². The van der Waals surface area contributed by atoms with E-state index in [9.17, 15) is 19.2 Å². The van der Waals surface area contributed by atoms with Crippen LogP contribution in [0.1, 0.15) is 85.3 Å². The Kier molecular flexibility index (Phi) is 11.9. The van der Waals surface area contributed by atoms with Crippen molar-refractivity contribution in [1.82, 2.24) is 19.9 Å². The van der Waals surface area contributed by atoms with E-state index >= 15 is 0 Å². The number of benzene rings is 2. The number of aryl methyl sites for hydroxylation is 2. The number of hydrogen-bond acceptors (Lipinski definition) is 10. The SMILES string of the molecule is C=CC1=C(C)c2cc3[nH]c(cc4nc(cc5[nH]c(cc1n2)[C@]1(C)C5=CC=C(C(=O)OC)C1C(=O)OC)C(C)=C4CCC(=O)Oc1ccccc1)c(CCC(=O)Oc1ccccc1)c3C. The van der Waals surface area contributed by atoms with Gasteiger partial charge in [0.1, 0.15) is 17.4 Å². The summed E-state index contributed by atoms with van der Waals surface area (Å²) >= 11 is 0. The van der Waals surface area contributed by atoms with Gasteiger partial charge in [-0.2, -0.15) is 0 Å². The van der Waals surface area contributed by atoms with Gasteiger partial charge in [0.05, 0.1) is 60.8 Å². The second-order valence-corrected chi connectivity index (χ2v) is 16.1. The Balaban J connectivity index is 1.35. The summed E-state index contributed by atoms with van der Waals surface area (Å²) in [5, 5.41) is 0. The van der Waals surface area contributed by atoms with E-state index in [1.165, 1.54) is 14.2 Å². The van der Waals surface area contributed by atoms with Crippen molar-refractivity contribution in [2.75, 3.05) is 14.2 Å². The third kappa shape index (κ3) is 7.98. The first-order valence-electron chi connectivity index (χ1n) is 21.0. The molecule has 0 saturated heterocycles. The predicted molar refractivity (Wildman–Crippen MR) is 245 cm³/mol. The molecule has 12 heteroatoms. The van der Waals surface area contributed by atoms with Crippen LogP contribution in [-0.4, -0.2) is 58.0 Å². The molecule has 2 aromatic carbocycles. The average Bonchev–Trinajstić information content (AvgIpc) is 3.95. The monoisotopic (exact) mass is 856 g/mol. The summed E-state index contributed by atoms with van der Waals surface area (Å²) in [6.07, 6.45) is 6.05. The molecule has 0 amide bonds. The minimum absolute atomic E-state index is 0.0746. The van der Waals surface area contributed by atoms with Crippen LogP contribution < -0.4 is 9.47 Å². The number of aromatic amines is 2. The summed E-state index contributed by atoms with van der Waals surface area (Å²) in [5.74, 6) is -2.18. The molecule has 0 saturated carbocycles. The second-order valence-electron chi connectivity index (χ2n) is 16.1. The van der Waals surface area contributed by atoms with E-state index in [0.717, 1.165) is 50.0 Å². The number of ether oxygens (including phenoxy) is 4. The van der Waals surface area contributed by atoms with Crippen LogP contribution in [0.2, 0.25) is 0 Å². The van der Waals surface area contributed by atoms with Crippen LogP contribution in [0, 0.1) is 12.8 Å². The number of methoxy groups -OCH3 is 2. The number of nitrogens with one attached hydrogen (secondary N) is 2. The zero-order valence-electron chi connectivity index (χ0n) is 36.6. The van der Waals surface area contributed by atoms with Gasteiger partial charge in [0.15, 0.2) is 0 Å². The number of para-hydroxylation sites is 2. The molecule has 1 unspecified atom stereocenters. The van der Waals surface area contributed by atoms with Gasteiger partial charge in [-0.1, -0.05) is 61.2 Å². The number of aromatic nitrogens is 4. The van der Waals surface area contributed by atoms with Crippen LogP contribution in [-0.2, 0) is 40.5 Å². The van der Waals surface area contributed by atoms with E-state index in [-0.39, 0.29) is 24.4 Å². The molecule has 2 N–H and O–H groups in total. The second kappa shape index (κ2) is 17.6. The van der Waals surface area contributed by atoms with E-state index in [2.05, 4.69) is 16.5 Å². The van der Waals surface area contributed by atoms with Gasteiger partial charge in [0.2, 0.25) is 0 Å². The Labute approximate surface area is 370 Å². The third-order valence-electron chi connectivity index (χ3n) is 12.4. The Morgan fingerprint density at radius 2 is 1.33 bits per heavy atom. The fourth-order valence-electron chi connectivity index (χ4n) is 8.93. The van der Waals surface area contributed by atoms with E-state index in [1.807, 2.05) is 82.3 Å². The van der Waals surface area contributed by atoms with Crippen LogP contribution >= 0.6 is 0 Å². The molecular formula is C52H48N4O8. The predicted octanol–water partition coefficient (Wildman–Crippen LogP) is 9.56. The Morgan fingerprint density at radius 3 is 1.95 bits per heavy atom. The van der Waals surface area contributed by atoms with Gasteiger partial charge in [-0.15, -0.1) is 0 Å². The van der Waals surface area contributed by atoms with Gasteiger partial charge < -0.3 is 28.9 Å². The van der Waals surface area contributed by atoms with Crippen LogP contribution in [0.5, 0.6) is 11.5 Å². The summed E-state index contributed by atoms with van der Waals surface area (Å²) in [4.78, 5) is 71.2. The Bertz CT molecular complexity index is 2950. The minimum Gasteiger partial charge on any atom is -0.469 e. The first-order chi connectivity index (χ1) is 30.8. The molecule has 3 aliphatic heterocycles. The molecule has 324 valence electrons. The molecule has 64 heavy (non-hydrogen) atoms. The Morgan fingerprint density at radius 1 is 0.719 bits per heavy atom. The van der Waals surface area contributed by atoms with Gasteiger partial charge in [0.25, 0.3) is 0 Å². The molecule has 5 heterocycles. The highest BCUT2D eigenvalue weighted by molar-refractivity contribution is 6.02. The molecule has 4 aromatic rings. The highest BCUT2D eigenvalue weighted by Crippen LogP contribution is 2.53. The standard InChI is InChI=1S/C52H48N4O8/c1-8-34-29(2)39-25-40-30(3)35(20-23-47(57)63-32-15-11-9-12-16-32)42(53-40)27-43-36(21-24-48(58)64-33-17-13-10-14-18-33)31(4)41(54-43)26-45-38-22-19-37(50(59)61-6)49(51(60)62-7)52(38,5)46(56-45)28-44(34)55-39/h8-19,22,25-28,49,53,56H,1,20-21,23-24H2,2-7H3/t49?,52-/m0/s1. The number of rotatable bonds is 11. The molecule has 0 radical (unpaired) electrons. The molecule has 2 atom stereocenters. The van der Waals surface area contributed by atoms with E-state index in [4.69, 9.17) is 28.9 Å². The van der Waals surface area contributed by atoms with Crippen molar-refractivity contribution in [3.8, 4) is 11.5 Å². The number of carbonyl (C=O) groups is 4. The van der Waals surface area contributed by atoms with Crippen molar-refractivity contribution < 1.29 is 38.1 Å². The van der Waals surface area contributed by atoms with E-state index < -0.39 is 29.2 Å². The summed E-state index contributed by atoms with van der Waals surface area (Å²) < 4.78 is 21.9. The van der Waals surface area contributed by atoms with Gasteiger partial charge in [-0.25, -0.2) is 14.8 Å². The van der Waals surface area contributed by atoms with Crippen molar-refractivity contribution in [3.05, 3.63) is 161 Å². The zero-order valence-corrected chi connectivity index (χ0v) is 36.6. The first-order valence-corrected chi connectivity index (χ1v) is 21.0. The highest BCUT2D eigenvalue weighted by Gasteiger charge is 2.53. The van der Waals surface area contributed by atoms with Gasteiger partial charge in [0, 0.05) is 28.0 Å². The number of esters is 4. The number of H-pyrrole nitrogens is 2. The topological polar surface area (TPSA) is 163 Å². The van der Waals surface area contributed by atoms with Crippen LogP contribution in [0.3, 0.4) is 0 Å². The molecule has 0 spiro atoms. The fraction of sp³-hybridized carbons (Fsp3) is 0.231. The number of nitrogens with zero attached hydrogens (tertiary/aromatic N) is 2. The highest BCUT2D eigenvalue weighted by atomic mass is 16.5. The lowest BCUT2D eigenvalue weighted by Crippen LogP contribution is -2.42. The lowest BCUT2D eigenvalue weighted by atomic mass is 9.64. The van der Waals surface area contributed by atoms with Crippen LogP contribution in [0.25, 0.3) is 38.9 Å². The zero-order chi connectivity index (χ0) is 45.3. The lowest BCUT2D eigenvalue weighted by Gasteiger charge is -2.36. The van der Waals surface area contributed by atoms with Gasteiger partial charge in [-0.05, 0) is 122 Å². The maximum Gasteiger partial charge on any atom is 0.334 e. The first kappa shape index (κ1) is 43.1. The quantitative estimate of drug-likeness (QED) is 0.110. The molecule has 0 fully saturated rings. The minimum atomic E-state index is -1.15. The van der Waals surface area contributed by atoms with Crippen molar-refractivity contribution in [3.63, 3.8) is 0 Å². The van der Waals surface area contributed by atoms with Crippen molar-refractivity contribution in [2.45, 2.75) is 58.8 Å².